The van der Waals surface area contributed by atoms with Crippen molar-refractivity contribution in [2.24, 2.45) is 4.99 Å². The van der Waals surface area contributed by atoms with Crippen molar-refractivity contribution in [3.8, 4) is 0 Å². The van der Waals surface area contributed by atoms with Crippen molar-refractivity contribution < 1.29 is 0 Å². The summed E-state index contributed by atoms with van der Waals surface area (Å²) in [6.07, 6.45) is 7.26. The molecule has 0 saturated carbocycles. The van der Waals surface area contributed by atoms with E-state index in [1.807, 2.05) is 6.08 Å². The molecule has 58 valence electrons. The number of hydrogen-bond donors (Lipinski definition) is 0. The molecule has 1 rings (SSSR count). The summed E-state index contributed by atoms with van der Waals surface area (Å²) >= 11 is 0. The first-order chi connectivity index (χ1) is 5.27. The first-order valence-corrected chi connectivity index (χ1v) is 3.82. The van der Waals surface area contributed by atoms with E-state index in [9.17, 15) is 0 Å². The highest BCUT2D eigenvalue weighted by molar-refractivity contribution is 6.11. The Morgan fingerprint density at radius 2 is 2.18 bits per heavy atom. The SMILES string of the molecule is C=C1C=C(CC)C=CC1=NC. The van der Waals surface area contributed by atoms with Crippen LogP contribution in [0.25, 0.3) is 0 Å². The molecule has 0 amide bonds. The third-order valence-electron chi connectivity index (χ3n) is 1.79. The van der Waals surface area contributed by atoms with Crippen LogP contribution < -0.4 is 0 Å². The number of allylic oxidation sites excluding steroid dienone is 5. The van der Waals surface area contributed by atoms with Crippen molar-refractivity contribution in [2.75, 3.05) is 7.05 Å². The Labute approximate surface area is 67.8 Å². The van der Waals surface area contributed by atoms with Gasteiger partial charge in [0.25, 0.3) is 0 Å². The molecule has 0 heterocycles. The van der Waals surface area contributed by atoms with Gasteiger partial charge in [0.2, 0.25) is 0 Å². The smallest absolute Gasteiger partial charge is 0.0637 e. The van der Waals surface area contributed by atoms with Gasteiger partial charge in [0.05, 0.1) is 5.71 Å². The van der Waals surface area contributed by atoms with Crippen LogP contribution in [0.2, 0.25) is 0 Å². The van der Waals surface area contributed by atoms with Gasteiger partial charge in [0, 0.05) is 7.05 Å². The highest BCUT2D eigenvalue weighted by atomic mass is 14.7. The molecule has 0 unspecified atom stereocenters. The molecular formula is C10H13N. The van der Waals surface area contributed by atoms with Gasteiger partial charge >= 0.3 is 0 Å². The molecular weight excluding hydrogens is 134 g/mol. The van der Waals surface area contributed by atoms with Crippen LogP contribution >= 0.6 is 0 Å². The molecule has 0 N–H and O–H groups in total. The summed E-state index contributed by atoms with van der Waals surface area (Å²) in [6, 6.07) is 0. The Morgan fingerprint density at radius 1 is 1.45 bits per heavy atom. The van der Waals surface area contributed by atoms with Crippen LogP contribution in [0.1, 0.15) is 13.3 Å². The Morgan fingerprint density at radius 3 is 2.64 bits per heavy atom. The number of rotatable bonds is 1. The zero-order valence-electron chi connectivity index (χ0n) is 7.09. The Kier molecular flexibility index (Phi) is 2.42. The maximum Gasteiger partial charge on any atom is 0.0637 e. The van der Waals surface area contributed by atoms with Crippen LogP contribution in [0.3, 0.4) is 0 Å². The van der Waals surface area contributed by atoms with Crippen LogP contribution in [0, 0.1) is 0 Å². The topological polar surface area (TPSA) is 12.4 Å². The molecule has 0 aromatic heterocycles. The molecule has 11 heavy (non-hydrogen) atoms. The second-order valence-corrected chi connectivity index (χ2v) is 2.54. The standard InChI is InChI=1S/C10H13N/c1-4-9-5-6-10(11-3)8(2)7-9/h5-7H,2,4H2,1,3H3. The van der Waals surface area contributed by atoms with Crippen molar-refractivity contribution >= 4 is 5.71 Å². The van der Waals surface area contributed by atoms with Gasteiger partial charge < -0.3 is 0 Å². The quantitative estimate of drug-likeness (QED) is 0.540. The minimum atomic E-state index is 0.988. The van der Waals surface area contributed by atoms with E-state index in [0.717, 1.165) is 17.7 Å². The van der Waals surface area contributed by atoms with Gasteiger partial charge in [-0.05, 0) is 23.6 Å². The van der Waals surface area contributed by atoms with Crippen LogP contribution in [-0.2, 0) is 0 Å². The predicted molar refractivity (Wildman–Crippen MR) is 50.0 cm³/mol. The summed E-state index contributed by atoms with van der Waals surface area (Å²) in [5, 5.41) is 0. The first kappa shape index (κ1) is 7.99. The van der Waals surface area contributed by atoms with Gasteiger partial charge in [-0.25, -0.2) is 0 Å². The van der Waals surface area contributed by atoms with Crippen molar-refractivity contribution in [3.63, 3.8) is 0 Å². The molecule has 0 radical (unpaired) electrons. The highest BCUT2D eigenvalue weighted by Gasteiger charge is 2.03. The van der Waals surface area contributed by atoms with Gasteiger partial charge in [-0.2, -0.15) is 0 Å². The zero-order valence-corrected chi connectivity index (χ0v) is 7.09. The molecule has 0 aliphatic heterocycles. The average Bonchev–Trinajstić information content (AvgIpc) is 2.04. The van der Waals surface area contributed by atoms with Crippen molar-refractivity contribution in [1.29, 1.82) is 0 Å². The normalized spacial score (nSPS) is 20.7. The molecule has 0 aromatic carbocycles. The predicted octanol–water partition coefficient (Wildman–Crippen LogP) is 2.52. The van der Waals surface area contributed by atoms with Gasteiger partial charge in [0.1, 0.15) is 0 Å². The van der Waals surface area contributed by atoms with Crippen molar-refractivity contribution in [1.82, 2.24) is 0 Å². The summed E-state index contributed by atoms with van der Waals surface area (Å²) in [7, 11) is 1.79. The zero-order chi connectivity index (χ0) is 8.27. The lowest BCUT2D eigenvalue weighted by Gasteiger charge is -2.07. The van der Waals surface area contributed by atoms with E-state index in [4.69, 9.17) is 0 Å². The molecule has 0 fully saturated rings. The highest BCUT2D eigenvalue weighted by Crippen LogP contribution is 2.14. The molecule has 0 bridgehead atoms. The van der Waals surface area contributed by atoms with Gasteiger partial charge in [-0.15, -0.1) is 0 Å². The molecule has 0 spiro atoms. The molecule has 1 aliphatic rings. The fraction of sp³-hybridized carbons (Fsp3) is 0.300. The summed E-state index contributed by atoms with van der Waals surface area (Å²) < 4.78 is 0. The second-order valence-electron chi connectivity index (χ2n) is 2.54. The fourth-order valence-corrected chi connectivity index (χ4v) is 1.08. The summed E-state index contributed by atoms with van der Waals surface area (Å²) in [5.74, 6) is 0. The molecule has 0 saturated heterocycles. The van der Waals surface area contributed by atoms with Crippen LogP contribution in [0.4, 0.5) is 0 Å². The number of hydrogen-bond acceptors (Lipinski definition) is 1. The van der Waals surface area contributed by atoms with E-state index in [2.05, 4.69) is 30.6 Å². The molecule has 0 atom stereocenters. The third kappa shape index (κ3) is 1.67. The Balaban J connectivity index is 2.88. The lowest BCUT2D eigenvalue weighted by Crippen LogP contribution is -2.00. The number of nitrogens with zero attached hydrogens (tertiary/aromatic N) is 1. The third-order valence-corrected chi connectivity index (χ3v) is 1.79. The first-order valence-electron chi connectivity index (χ1n) is 3.82. The van der Waals surface area contributed by atoms with Crippen LogP contribution in [-0.4, -0.2) is 12.8 Å². The van der Waals surface area contributed by atoms with Gasteiger partial charge in [-0.1, -0.05) is 25.7 Å². The van der Waals surface area contributed by atoms with Gasteiger partial charge in [0.15, 0.2) is 0 Å². The van der Waals surface area contributed by atoms with Crippen molar-refractivity contribution in [2.45, 2.75) is 13.3 Å². The van der Waals surface area contributed by atoms with E-state index >= 15 is 0 Å². The van der Waals surface area contributed by atoms with E-state index in [1.165, 1.54) is 5.57 Å². The largest absolute Gasteiger partial charge is 0.288 e. The molecule has 1 aliphatic carbocycles. The van der Waals surface area contributed by atoms with Crippen LogP contribution in [0.5, 0.6) is 0 Å². The fourth-order valence-electron chi connectivity index (χ4n) is 1.08. The van der Waals surface area contributed by atoms with E-state index in [-0.39, 0.29) is 0 Å². The summed E-state index contributed by atoms with van der Waals surface area (Å²) in [4.78, 5) is 4.08. The maximum atomic E-state index is 4.08. The average molecular weight is 147 g/mol. The molecule has 1 nitrogen and oxygen atoms in total. The minimum absolute atomic E-state index is 0.988. The second kappa shape index (κ2) is 3.33. The Hall–Kier alpha value is -1.11. The molecule has 0 aromatic rings. The lowest BCUT2D eigenvalue weighted by molar-refractivity contribution is 1.14. The van der Waals surface area contributed by atoms with Crippen molar-refractivity contribution in [3.05, 3.63) is 36.0 Å². The Bertz CT molecular complexity index is 254. The summed E-state index contributed by atoms with van der Waals surface area (Å²) in [5.41, 5.74) is 3.33. The van der Waals surface area contributed by atoms with E-state index in [1.54, 1.807) is 7.05 Å². The monoisotopic (exact) mass is 147 g/mol. The summed E-state index contributed by atoms with van der Waals surface area (Å²) in [6.45, 7) is 6.04. The number of aliphatic imine (C=N–C) groups is 1. The lowest BCUT2D eigenvalue weighted by atomic mass is 10.00. The minimum Gasteiger partial charge on any atom is -0.288 e. The van der Waals surface area contributed by atoms with E-state index in [0.29, 0.717) is 0 Å². The van der Waals surface area contributed by atoms with Crippen LogP contribution in [0.15, 0.2) is 40.9 Å². The van der Waals surface area contributed by atoms with Gasteiger partial charge in [-0.3, -0.25) is 4.99 Å². The maximum absolute atomic E-state index is 4.08. The molecule has 1 heteroatoms. The van der Waals surface area contributed by atoms with E-state index < -0.39 is 0 Å².